The summed E-state index contributed by atoms with van der Waals surface area (Å²) < 4.78 is 2.41. The Morgan fingerprint density at radius 3 is 2.62 bits per heavy atom. The average Bonchev–Trinajstić information content (AvgIpc) is 2.83. The average molecular weight is 320 g/mol. The minimum atomic E-state index is -0.351. The first-order chi connectivity index (χ1) is 11.6. The van der Waals surface area contributed by atoms with Gasteiger partial charge in [0.2, 0.25) is 5.91 Å². The van der Waals surface area contributed by atoms with Crippen molar-refractivity contribution in [3.05, 3.63) is 47.5 Å². The van der Waals surface area contributed by atoms with Gasteiger partial charge >= 0.3 is 0 Å². The van der Waals surface area contributed by atoms with E-state index < -0.39 is 0 Å². The fraction of sp³-hybridized carbons (Fsp3) is 0.381. The molecule has 1 aliphatic rings. The number of rotatable bonds is 4. The molecule has 0 radical (unpaired) electrons. The third kappa shape index (κ3) is 2.31. The van der Waals surface area contributed by atoms with E-state index in [0.29, 0.717) is 11.5 Å². The molecule has 1 fully saturated rings. The molecule has 0 aliphatic heterocycles. The zero-order chi connectivity index (χ0) is 16.8. The van der Waals surface area contributed by atoms with Crippen molar-refractivity contribution in [3.63, 3.8) is 0 Å². The van der Waals surface area contributed by atoms with Gasteiger partial charge in [-0.2, -0.15) is 0 Å². The lowest BCUT2D eigenvalue weighted by Crippen LogP contribution is -2.18. The van der Waals surface area contributed by atoms with Crippen molar-refractivity contribution in [2.75, 3.05) is 0 Å². The van der Waals surface area contributed by atoms with Crippen LogP contribution in [0.4, 0.5) is 0 Å². The highest BCUT2D eigenvalue weighted by molar-refractivity contribution is 6.17. The lowest BCUT2D eigenvalue weighted by atomic mass is 9.85. The van der Waals surface area contributed by atoms with Crippen LogP contribution >= 0.6 is 0 Å². The molecule has 3 aromatic rings. The van der Waals surface area contributed by atoms with Crippen LogP contribution in [0.2, 0.25) is 0 Å². The normalized spacial score (nSPS) is 15.3. The van der Waals surface area contributed by atoms with Gasteiger partial charge in [-0.15, -0.1) is 0 Å². The van der Waals surface area contributed by atoms with Crippen LogP contribution in [0, 0.1) is 5.92 Å². The first kappa shape index (κ1) is 15.3. The van der Waals surface area contributed by atoms with Gasteiger partial charge in [0.25, 0.3) is 0 Å². The Hall–Kier alpha value is -2.29. The van der Waals surface area contributed by atoms with Crippen molar-refractivity contribution < 1.29 is 4.79 Å². The molecule has 1 saturated carbocycles. The molecule has 124 valence electrons. The van der Waals surface area contributed by atoms with Gasteiger partial charge in [0, 0.05) is 33.9 Å². The number of nitrogens with two attached hydrogens (primary N) is 1. The molecule has 4 rings (SSSR count). The predicted octanol–water partition coefficient (Wildman–Crippen LogP) is 4.82. The van der Waals surface area contributed by atoms with E-state index >= 15 is 0 Å². The maximum Gasteiger partial charge on any atom is 0.249 e. The van der Waals surface area contributed by atoms with Crippen LogP contribution in [0.15, 0.2) is 36.4 Å². The minimum Gasteiger partial charge on any atom is -0.366 e. The number of carbonyl (C=O) groups is 1. The number of primary amides is 1. The lowest BCUT2D eigenvalue weighted by Gasteiger charge is -2.26. The quantitative estimate of drug-likeness (QED) is 0.736. The zero-order valence-electron chi connectivity index (χ0n) is 14.4. The predicted molar refractivity (Wildman–Crippen MR) is 99.4 cm³/mol. The summed E-state index contributed by atoms with van der Waals surface area (Å²) in [6.45, 7) is 5.47. The van der Waals surface area contributed by atoms with Gasteiger partial charge in [0.1, 0.15) is 0 Å². The van der Waals surface area contributed by atoms with Gasteiger partial charge in [-0.1, -0.05) is 38.5 Å². The highest BCUT2D eigenvalue weighted by atomic mass is 16.1. The minimum absolute atomic E-state index is 0.351. The lowest BCUT2D eigenvalue weighted by molar-refractivity contribution is 0.100. The van der Waals surface area contributed by atoms with Crippen molar-refractivity contribution >= 4 is 27.7 Å². The Labute approximate surface area is 142 Å². The fourth-order valence-corrected chi connectivity index (χ4v) is 3.86. The molecule has 24 heavy (non-hydrogen) atoms. The van der Waals surface area contributed by atoms with Crippen LogP contribution in [0.3, 0.4) is 0 Å². The topological polar surface area (TPSA) is 48.0 Å². The smallest absolute Gasteiger partial charge is 0.249 e. The van der Waals surface area contributed by atoms with Gasteiger partial charge in [-0.05, 0) is 48.4 Å². The Kier molecular flexibility index (Phi) is 3.60. The summed E-state index contributed by atoms with van der Waals surface area (Å²) in [7, 11) is 0. The molecule has 0 unspecified atom stereocenters. The molecule has 3 heteroatoms. The molecule has 0 spiro atoms. The first-order valence-electron chi connectivity index (χ1n) is 8.91. The monoisotopic (exact) mass is 320 g/mol. The summed E-state index contributed by atoms with van der Waals surface area (Å²) in [5.41, 5.74) is 9.98. The van der Waals surface area contributed by atoms with E-state index in [2.05, 4.69) is 42.7 Å². The second-order valence-corrected chi connectivity index (χ2v) is 7.40. The molecule has 2 N–H and O–H groups in total. The summed E-state index contributed by atoms with van der Waals surface area (Å²) in [5.74, 6) is 0.889. The standard InChI is InChI=1S/C21H24N2O/c1-13(2)15-9-10-16-19(11-15)23(12-14-5-3-6-14)18-8-4-7-17(20(16)18)21(22)24/h4,7-11,13-14H,3,5-6,12H2,1-2H3,(H2,22,24). The second kappa shape index (κ2) is 5.66. The van der Waals surface area contributed by atoms with E-state index in [9.17, 15) is 4.79 Å². The van der Waals surface area contributed by atoms with E-state index in [1.165, 1.54) is 30.3 Å². The summed E-state index contributed by atoms with van der Waals surface area (Å²) in [5, 5.41) is 2.15. The molecule has 1 aliphatic carbocycles. The van der Waals surface area contributed by atoms with Gasteiger partial charge in [-0.25, -0.2) is 0 Å². The van der Waals surface area contributed by atoms with Gasteiger partial charge in [0.15, 0.2) is 0 Å². The number of nitrogens with zero attached hydrogens (tertiary/aromatic N) is 1. The third-order valence-corrected chi connectivity index (χ3v) is 5.51. The molecule has 3 nitrogen and oxygen atoms in total. The Balaban J connectivity index is 2.04. The largest absolute Gasteiger partial charge is 0.366 e. The number of benzene rings is 2. The molecule has 0 bridgehead atoms. The number of aromatic nitrogens is 1. The fourth-order valence-electron chi connectivity index (χ4n) is 3.86. The number of fused-ring (bicyclic) bond motifs is 3. The molecule has 1 aromatic heterocycles. The van der Waals surface area contributed by atoms with Crippen LogP contribution in [0.1, 0.15) is 54.9 Å². The van der Waals surface area contributed by atoms with Gasteiger partial charge < -0.3 is 10.3 Å². The Bertz CT molecular complexity index is 932. The number of hydrogen-bond acceptors (Lipinski definition) is 1. The van der Waals surface area contributed by atoms with Crippen molar-refractivity contribution in [1.82, 2.24) is 4.57 Å². The number of hydrogen-bond donors (Lipinski definition) is 1. The van der Waals surface area contributed by atoms with Crippen LogP contribution in [-0.4, -0.2) is 10.5 Å². The second-order valence-electron chi connectivity index (χ2n) is 7.40. The van der Waals surface area contributed by atoms with Crippen LogP contribution in [0.5, 0.6) is 0 Å². The molecule has 2 aromatic carbocycles. The van der Waals surface area contributed by atoms with Crippen LogP contribution < -0.4 is 5.73 Å². The molecule has 1 amide bonds. The number of amides is 1. The summed E-state index contributed by atoms with van der Waals surface area (Å²) in [4.78, 5) is 11.9. The van der Waals surface area contributed by atoms with Crippen molar-refractivity contribution in [1.29, 1.82) is 0 Å². The molecule has 0 saturated heterocycles. The highest BCUT2D eigenvalue weighted by Gasteiger charge is 2.22. The SMILES string of the molecule is CC(C)c1ccc2c3c(C(N)=O)cccc3n(CC3CCC3)c2c1. The van der Waals surface area contributed by atoms with E-state index in [1.54, 1.807) is 0 Å². The molecule has 1 heterocycles. The molecule has 0 atom stereocenters. The van der Waals surface area contributed by atoms with Gasteiger partial charge in [-0.3, -0.25) is 4.79 Å². The summed E-state index contributed by atoms with van der Waals surface area (Å²) >= 11 is 0. The van der Waals surface area contributed by atoms with E-state index in [-0.39, 0.29) is 5.91 Å². The summed E-state index contributed by atoms with van der Waals surface area (Å²) in [6.07, 6.45) is 3.95. The Morgan fingerprint density at radius 2 is 2.00 bits per heavy atom. The van der Waals surface area contributed by atoms with Crippen molar-refractivity contribution in [2.45, 2.75) is 45.6 Å². The summed E-state index contributed by atoms with van der Waals surface area (Å²) in [6, 6.07) is 12.5. The number of carbonyl (C=O) groups excluding carboxylic acids is 1. The Morgan fingerprint density at radius 1 is 1.21 bits per heavy atom. The zero-order valence-corrected chi connectivity index (χ0v) is 14.4. The van der Waals surface area contributed by atoms with E-state index in [1.807, 2.05) is 12.1 Å². The van der Waals surface area contributed by atoms with Gasteiger partial charge in [0.05, 0.1) is 0 Å². The third-order valence-electron chi connectivity index (χ3n) is 5.51. The first-order valence-corrected chi connectivity index (χ1v) is 8.91. The maximum atomic E-state index is 11.9. The molecular weight excluding hydrogens is 296 g/mol. The van der Waals surface area contributed by atoms with Crippen LogP contribution in [-0.2, 0) is 6.54 Å². The van der Waals surface area contributed by atoms with Crippen molar-refractivity contribution in [3.8, 4) is 0 Å². The van der Waals surface area contributed by atoms with Crippen LogP contribution in [0.25, 0.3) is 21.8 Å². The van der Waals surface area contributed by atoms with E-state index in [0.717, 1.165) is 28.8 Å². The van der Waals surface area contributed by atoms with E-state index in [4.69, 9.17) is 5.73 Å². The van der Waals surface area contributed by atoms with Crippen molar-refractivity contribution in [2.24, 2.45) is 11.7 Å². The highest BCUT2D eigenvalue weighted by Crippen LogP contribution is 2.36. The molecular formula is C21H24N2O. The maximum absolute atomic E-state index is 11.9.